The molecule has 0 N–H and O–H groups in total. The minimum absolute atomic E-state index is 0.586. The van der Waals surface area contributed by atoms with Crippen LogP contribution < -0.4 is 4.74 Å². The summed E-state index contributed by atoms with van der Waals surface area (Å²) in [5.41, 5.74) is 2.45. The molecule has 0 spiro atoms. The van der Waals surface area contributed by atoms with E-state index in [1.165, 1.54) is 21.4 Å². The number of ether oxygens (including phenoxy) is 1. The average molecular weight is 316 g/mol. The Morgan fingerprint density at radius 2 is 1.48 bits per heavy atom. The van der Waals surface area contributed by atoms with Crippen molar-refractivity contribution in [2.24, 2.45) is 0 Å². The lowest BCUT2D eigenvalue weighted by molar-refractivity contribution is 0.310. The Bertz CT molecular complexity index is 911. The molecule has 112 valence electrons. The van der Waals surface area contributed by atoms with Crippen molar-refractivity contribution >= 4 is 22.1 Å². The summed E-state index contributed by atoms with van der Waals surface area (Å²) in [4.78, 5) is 1.29. The van der Waals surface area contributed by atoms with E-state index in [1.54, 1.807) is 11.3 Å². The fourth-order valence-corrected chi connectivity index (χ4v) is 3.55. The summed E-state index contributed by atoms with van der Waals surface area (Å²) < 4.78 is 6.08. The Labute approximate surface area is 139 Å². The Morgan fingerprint density at radius 1 is 0.696 bits per heavy atom. The van der Waals surface area contributed by atoms with Crippen LogP contribution in [0.15, 0.2) is 84.2 Å². The average Bonchev–Trinajstić information content (AvgIpc) is 3.15. The Balaban J connectivity index is 1.73. The van der Waals surface area contributed by atoms with Crippen LogP contribution in [0, 0.1) is 0 Å². The van der Waals surface area contributed by atoms with Gasteiger partial charge in [-0.15, -0.1) is 11.3 Å². The molecule has 0 aliphatic rings. The standard InChI is InChI=1S/C21H16OS/c1-2-7-16(8-3-1)15-22-20-13-12-19(21-11-6-14-23-21)17-9-4-5-10-18(17)20/h1-14H,15H2. The maximum atomic E-state index is 6.08. The topological polar surface area (TPSA) is 9.23 Å². The molecule has 1 nitrogen and oxygen atoms in total. The third-order valence-electron chi connectivity index (χ3n) is 3.91. The summed E-state index contributed by atoms with van der Waals surface area (Å²) in [5, 5.41) is 4.51. The first kappa shape index (κ1) is 14.0. The summed E-state index contributed by atoms with van der Waals surface area (Å²) >= 11 is 1.77. The minimum Gasteiger partial charge on any atom is -0.488 e. The molecule has 0 saturated carbocycles. The number of thiophene rings is 1. The molecule has 0 radical (unpaired) electrons. The minimum atomic E-state index is 0.586. The fourth-order valence-electron chi connectivity index (χ4n) is 2.78. The van der Waals surface area contributed by atoms with Crippen LogP contribution in [0.2, 0.25) is 0 Å². The monoisotopic (exact) mass is 316 g/mol. The van der Waals surface area contributed by atoms with Gasteiger partial charge in [0.2, 0.25) is 0 Å². The van der Waals surface area contributed by atoms with Crippen LogP contribution in [-0.4, -0.2) is 0 Å². The Kier molecular flexibility index (Phi) is 3.83. The van der Waals surface area contributed by atoms with Crippen molar-refractivity contribution < 1.29 is 4.74 Å². The lowest BCUT2D eigenvalue weighted by Gasteiger charge is -2.12. The molecule has 0 fully saturated rings. The molecule has 0 atom stereocenters. The lowest BCUT2D eigenvalue weighted by atomic mass is 10.0. The third-order valence-corrected chi connectivity index (χ3v) is 4.81. The smallest absolute Gasteiger partial charge is 0.127 e. The molecule has 0 aliphatic carbocycles. The molecule has 23 heavy (non-hydrogen) atoms. The normalized spacial score (nSPS) is 10.8. The number of hydrogen-bond donors (Lipinski definition) is 0. The van der Waals surface area contributed by atoms with Gasteiger partial charge in [0.15, 0.2) is 0 Å². The number of benzene rings is 3. The lowest BCUT2D eigenvalue weighted by Crippen LogP contribution is -1.96. The quantitative estimate of drug-likeness (QED) is 0.439. The van der Waals surface area contributed by atoms with E-state index in [0.29, 0.717) is 6.61 Å². The van der Waals surface area contributed by atoms with Crippen LogP contribution >= 0.6 is 11.3 Å². The zero-order valence-electron chi connectivity index (χ0n) is 12.6. The maximum Gasteiger partial charge on any atom is 0.127 e. The van der Waals surface area contributed by atoms with Gasteiger partial charge in [-0.1, -0.05) is 60.7 Å². The first-order chi connectivity index (χ1) is 11.4. The highest BCUT2D eigenvalue weighted by Gasteiger charge is 2.09. The first-order valence-corrected chi connectivity index (χ1v) is 8.52. The van der Waals surface area contributed by atoms with E-state index < -0.39 is 0 Å². The zero-order chi connectivity index (χ0) is 15.5. The molecular weight excluding hydrogens is 300 g/mol. The van der Waals surface area contributed by atoms with Crippen LogP contribution in [-0.2, 0) is 6.61 Å². The highest BCUT2D eigenvalue weighted by atomic mass is 32.1. The molecule has 0 unspecified atom stereocenters. The zero-order valence-corrected chi connectivity index (χ0v) is 13.4. The summed E-state index contributed by atoms with van der Waals surface area (Å²) in [6, 6.07) is 27.2. The summed E-state index contributed by atoms with van der Waals surface area (Å²) in [6.45, 7) is 0.586. The highest BCUT2D eigenvalue weighted by molar-refractivity contribution is 7.13. The van der Waals surface area contributed by atoms with Gasteiger partial charge in [0.1, 0.15) is 12.4 Å². The van der Waals surface area contributed by atoms with Crippen LogP contribution in [0.3, 0.4) is 0 Å². The van der Waals surface area contributed by atoms with E-state index in [1.807, 2.05) is 18.2 Å². The van der Waals surface area contributed by atoms with Crippen molar-refractivity contribution in [3.63, 3.8) is 0 Å². The fraction of sp³-hybridized carbons (Fsp3) is 0.0476. The molecular formula is C21H16OS. The highest BCUT2D eigenvalue weighted by Crippen LogP contribution is 2.36. The van der Waals surface area contributed by atoms with Crippen LogP contribution in [0.4, 0.5) is 0 Å². The van der Waals surface area contributed by atoms with Crippen molar-refractivity contribution in [2.45, 2.75) is 6.61 Å². The number of hydrogen-bond acceptors (Lipinski definition) is 2. The van der Waals surface area contributed by atoms with E-state index in [9.17, 15) is 0 Å². The predicted octanol–water partition coefficient (Wildman–Crippen LogP) is 6.15. The van der Waals surface area contributed by atoms with E-state index in [4.69, 9.17) is 4.74 Å². The molecule has 3 aromatic carbocycles. The Hall–Kier alpha value is -2.58. The van der Waals surface area contributed by atoms with Crippen molar-refractivity contribution in [2.75, 3.05) is 0 Å². The van der Waals surface area contributed by atoms with Crippen LogP contribution in [0.5, 0.6) is 5.75 Å². The molecule has 0 amide bonds. The number of fused-ring (bicyclic) bond motifs is 1. The molecule has 2 heteroatoms. The first-order valence-electron chi connectivity index (χ1n) is 7.64. The maximum absolute atomic E-state index is 6.08. The van der Waals surface area contributed by atoms with Gasteiger partial charge in [-0.2, -0.15) is 0 Å². The van der Waals surface area contributed by atoms with Crippen LogP contribution in [0.25, 0.3) is 21.2 Å². The Morgan fingerprint density at radius 3 is 2.26 bits per heavy atom. The van der Waals surface area contributed by atoms with E-state index in [2.05, 4.69) is 66.0 Å². The van der Waals surface area contributed by atoms with E-state index in [-0.39, 0.29) is 0 Å². The summed E-state index contributed by atoms with van der Waals surface area (Å²) in [5.74, 6) is 0.935. The van der Waals surface area contributed by atoms with Gasteiger partial charge in [-0.25, -0.2) is 0 Å². The molecule has 0 saturated heterocycles. The summed E-state index contributed by atoms with van der Waals surface area (Å²) in [7, 11) is 0. The second-order valence-corrected chi connectivity index (χ2v) is 6.36. The van der Waals surface area contributed by atoms with Gasteiger partial charge in [0, 0.05) is 10.3 Å². The third kappa shape index (κ3) is 2.86. The molecule has 1 heterocycles. The van der Waals surface area contributed by atoms with Gasteiger partial charge in [-0.05, 0) is 40.1 Å². The van der Waals surface area contributed by atoms with Gasteiger partial charge < -0.3 is 4.74 Å². The largest absolute Gasteiger partial charge is 0.488 e. The van der Waals surface area contributed by atoms with Gasteiger partial charge in [0.05, 0.1) is 0 Å². The summed E-state index contributed by atoms with van der Waals surface area (Å²) in [6.07, 6.45) is 0. The SMILES string of the molecule is c1ccc(COc2ccc(-c3cccs3)c3ccccc23)cc1. The second-order valence-electron chi connectivity index (χ2n) is 5.41. The predicted molar refractivity (Wildman–Crippen MR) is 98.0 cm³/mol. The second kappa shape index (κ2) is 6.27. The van der Waals surface area contributed by atoms with Gasteiger partial charge in [0.25, 0.3) is 0 Å². The van der Waals surface area contributed by atoms with Gasteiger partial charge >= 0.3 is 0 Å². The van der Waals surface area contributed by atoms with E-state index in [0.717, 1.165) is 11.1 Å². The van der Waals surface area contributed by atoms with Gasteiger partial charge in [-0.3, -0.25) is 0 Å². The van der Waals surface area contributed by atoms with Crippen molar-refractivity contribution in [3.05, 3.63) is 89.8 Å². The molecule has 0 aliphatic heterocycles. The molecule has 1 aromatic heterocycles. The van der Waals surface area contributed by atoms with E-state index >= 15 is 0 Å². The van der Waals surface area contributed by atoms with Crippen LogP contribution in [0.1, 0.15) is 5.56 Å². The van der Waals surface area contributed by atoms with Crippen molar-refractivity contribution in [1.82, 2.24) is 0 Å². The molecule has 4 rings (SSSR count). The van der Waals surface area contributed by atoms with Crippen molar-refractivity contribution in [1.29, 1.82) is 0 Å². The van der Waals surface area contributed by atoms with Crippen molar-refractivity contribution in [3.8, 4) is 16.2 Å². The molecule has 0 bridgehead atoms. The molecule has 4 aromatic rings. The number of rotatable bonds is 4.